The molecule has 130 valence electrons. The first-order valence-electron chi connectivity index (χ1n) is 8.34. The SMILES string of the molecule is Cc1nnc(SCC(=O)N2CCCC(c3nc4ccccc4[nH]3)C2)o1. The molecule has 1 N–H and O–H groups in total. The third-order valence-corrected chi connectivity index (χ3v) is 5.20. The number of aromatic amines is 1. The summed E-state index contributed by atoms with van der Waals surface area (Å²) in [7, 11) is 0. The number of aryl methyl sites for hydroxylation is 1. The summed E-state index contributed by atoms with van der Waals surface area (Å²) in [4.78, 5) is 22.5. The number of piperidine rings is 1. The molecule has 1 aromatic carbocycles. The molecular weight excluding hydrogens is 338 g/mol. The molecule has 2 aromatic heterocycles. The molecule has 25 heavy (non-hydrogen) atoms. The number of nitrogens with zero attached hydrogens (tertiary/aromatic N) is 4. The molecule has 1 aliphatic heterocycles. The first-order valence-corrected chi connectivity index (χ1v) is 9.33. The lowest BCUT2D eigenvalue weighted by atomic mass is 9.97. The van der Waals surface area contributed by atoms with Crippen LogP contribution in [0.15, 0.2) is 33.9 Å². The lowest BCUT2D eigenvalue weighted by Crippen LogP contribution is -2.40. The van der Waals surface area contributed by atoms with Crippen molar-refractivity contribution >= 4 is 28.7 Å². The quantitative estimate of drug-likeness (QED) is 0.722. The molecule has 1 atom stereocenters. The van der Waals surface area contributed by atoms with Crippen molar-refractivity contribution in [2.24, 2.45) is 0 Å². The molecule has 7 nitrogen and oxygen atoms in total. The molecule has 0 spiro atoms. The number of nitrogens with one attached hydrogen (secondary N) is 1. The van der Waals surface area contributed by atoms with E-state index in [1.807, 2.05) is 29.2 Å². The van der Waals surface area contributed by atoms with Gasteiger partial charge in [-0.05, 0) is 25.0 Å². The van der Waals surface area contributed by atoms with Crippen molar-refractivity contribution in [1.82, 2.24) is 25.1 Å². The summed E-state index contributed by atoms with van der Waals surface area (Å²) in [6.45, 7) is 3.22. The Bertz CT molecular complexity index is 857. The van der Waals surface area contributed by atoms with Crippen LogP contribution < -0.4 is 0 Å². The standard InChI is InChI=1S/C17H19N5O2S/c1-11-20-21-17(24-11)25-10-15(23)22-8-4-5-12(9-22)16-18-13-6-2-3-7-14(13)19-16/h2-3,6-7,12H,4-5,8-10H2,1H3,(H,18,19). The number of para-hydroxylation sites is 2. The summed E-state index contributed by atoms with van der Waals surface area (Å²) in [6, 6.07) is 8.02. The molecule has 3 heterocycles. The molecule has 1 aliphatic rings. The van der Waals surface area contributed by atoms with Gasteiger partial charge in [-0.2, -0.15) is 0 Å². The third kappa shape index (κ3) is 3.53. The summed E-state index contributed by atoms with van der Waals surface area (Å²) in [5.41, 5.74) is 2.02. The van der Waals surface area contributed by atoms with Crippen LogP contribution in [0, 0.1) is 6.92 Å². The van der Waals surface area contributed by atoms with Crippen LogP contribution in [0.1, 0.15) is 30.5 Å². The van der Waals surface area contributed by atoms with E-state index in [9.17, 15) is 4.79 Å². The molecule has 4 rings (SSSR count). The zero-order valence-corrected chi connectivity index (χ0v) is 14.8. The van der Waals surface area contributed by atoms with Gasteiger partial charge in [-0.3, -0.25) is 4.79 Å². The van der Waals surface area contributed by atoms with Gasteiger partial charge >= 0.3 is 0 Å². The first kappa shape index (κ1) is 16.1. The number of aromatic nitrogens is 4. The molecular formula is C17H19N5O2S. The lowest BCUT2D eigenvalue weighted by Gasteiger charge is -2.31. The van der Waals surface area contributed by atoms with Gasteiger partial charge in [0.05, 0.1) is 16.8 Å². The molecule has 8 heteroatoms. The fraction of sp³-hybridized carbons (Fsp3) is 0.412. The minimum atomic E-state index is 0.0988. The van der Waals surface area contributed by atoms with Crippen LogP contribution in [-0.2, 0) is 4.79 Å². The Hall–Kier alpha value is -2.35. The number of amides is 1. The van der Waals surface area contributed by atoms with E-state index in [-0.39, 0.29) is 11.8 Å². The van der Waals surface area contributed by atoms with Crippen molar-refractivity contribution < 1.29 is 9.21 Å². The van der Waals surface area contributed by atoms with E-state index >= 15 is 0 Å². The third-order valence-electron chi connectivity index (χ3n) is 4.40. The summed E-state index contributed by atoms with van der Waals surface area (Å²) >= 11 is 1.29. The Morgan fingerprint density at radius 2 is 2.28 bits per heavy atom. The number of rotatable bonds is 4. The Morgan fingerprint density at radius 3 is 3.08 bits per heavy atom. The van der Waals surface area contributed by atoms with Crippen molar-refractivity contribution in [2.75, 3.05) is 18.8 Å². The van der Waals surface area contributed by atoms with Crippen LogP contribution in [-0.4, -0.2) is 49.8 Å². The van der Waals surface area contributed by atoms with E-state index in [0.29, 0.717) is 23.4 Å². The zero-order valence-electron chi connectivity index (χ0n) is 13.9. The summed E-state index contributed by atoms with van der Waals surface area (Å²) in [5.74, 6) is 2.15. The van der Waals surface area contributed by atoms with Crippen LogP contribution >= 0.6 is 11.8 Å². The Kier molecular flexibility index (Phi) is 4.44. The molecule has 0 aliphatic carbocycles. The Labute approximate surface area is 149 Å². The highest BCUT2D eigenvalue weighted by atomic mass is 32.2. The van der Waals surface area contributed by atoms with Gasteiger partial charge < -0.3 is 14.3 Å². The molecule has 1 unspecified atom stereocenters. The number of hydrogen-bond donors (Lipinski definition) is 1. The first-order chi connectivity index (χ1) is 12.2. The topological polar surface area (TPSA) is 87.9 Å². The van der Waals surface area contributed by atoms with Crippen LogP contribution in [0.4, 0.5) is 0 Å². The molecule has 0 saturated carbocycles. The average Bonchev–Trinajstić information content (AvgIpc) is 3.25. The van der Waals surface area contributed by atoms with Crippen LogP contribution in [0.2, 0.25) is 0 Å². The van der Waals surface area contributed by atoms with Gasteiger partial charge in [0, 0.05) is 25.9 Å². The highest BCUT2D eigenvalue weighted by Gasteiger charge is 2.27. The highest BCUT2D eigenvalue weighted by molar-refractivity contribution is 7.99. The molecule has 1 amide bonds. The minimum Gasteiger partial charge on any atom is -0.416 e. The van der Waals surface area contributed by atoms with Crippen LogP contribution in [0.3, 0.4) is 0 Å². The Balaban J connectivity index is 1.40. The summed E-state index contributed by atoms with van der Waals surface area (Å²) in [5, 5.41) is 8.13. The van der Waals surface area contributed by atoms with E-state index in [4.69, 9.17) is 9.40 Å². The second kappa shape index (κ2) is 6.87. The molecule has 3 aromatic rings. The highest BCUT2D eigenvalue weighted by Crippen LogP contribution is 2.27. The number of thioether (sulfide) groups is 1. The number of fused-ring (bicyclic) bond motifs is 1. The van der Waals surface area contributed by atoms with Crippen molar-refractivity contribution in [3.05, 3.63) is 36.0 Å². The van der Waals surface area contributed by atoms with Crippen molar-refractivity contribution in [1.29, 1.82) is 0 Å². The predicted molar refractivity (Wildman–Crippen MR) is 94.4 cm³/mol. The molecule has 0 bridgehead atoms. The second-order valence-corrected chi connectivity index (χ2v) is 7.12. The van der Waals surface area contributed by atoms with E-state index in [0.717, 1.165) is 36.2 Å². The van der Waals surface area contributed by atoms with Crippen LogP contribution in [0.25, 0.3) is 11.0 Å². The summed E-state index contributed by atoms with van der Waals surface area (Å²) < 4.78 is 5.30. The van der Waals surface area contributed by atoms with Gasteiger partial charge in [-0.1, -0.05) is 23.9 Å². The maximum atomic E-state index is 12.5. The molecule has 1 saturated heterocycles. The molecule has 1 fully saturated rings. The maximum Gasteiger partial charge on any atom is 0.277 e. The van der Waals surface area contributed by atoms with Gasteiger partial charge in [0.15, 0.2) is 0 Å². The van der Waals surface area contributed by atoms with E-state index in [2.05, 4.69) is 15.2 Å². The van der Waals surface area contributed by atoms with Gasteiger partial charge in [0.25, 0.3) is 5.22 Å². The van der Waals surface area contributed by atoms with E-state index in [1.54, 1.807) is 6.92 Å². The smallest absolute Gasteiger partial charge is 0.277 e. The van der Waals surface area contributed by atoms with Crippen molar-refractivity contribution in [3.63, 3.8) is 0 Å². The van der Waals surface area contributed by atoms with Crippen molar-refractivity contribution in [3.8, 4) is 0 Å². The number of H-pyrrole nitrogens is 1. The normalized spacial score (nSPS) is 18.0. The monoisotopic (exact) mass is 357 g/mol. The van der Waals surface area contributed by atoms with Crippen LogP contribution in [0.5, 0.6) is 0 Å². The molecule has 0 radical (unpaired) electrons. The largest absolute Gasteiger partial charge is 0.416 e. The predicted octanol–water partition coefficient (Wildman–Crippen LogP) is 2.75. The fourth-order valence-corrected chi connectivity index (χ4v) is 3.85. The van der Waals surface area contributed by atoms with E-state index in [1.165, 1.54) is 11.8 Å². The lowest BCUT2D eigenvalue weighted by molar-refractivity contribution is -0.129. The van der Waals surface area contributed by atoms with Gasteiger partial charge in [0.2, 0.25) is 11.8 Å². The fourth-order valence-electron chi connectivity index (χ4n) is 3.14. The minimum absolute atomic E-state index is 0.0988. The van der Waals surface area contributed by atoms with Crippen molar-refractivity contribution in [2.45, 2.75) is 30.9 Å². The number of hydrogen-bond acceptors (Lipinski definition) is 6. The summed E-state index contributed by atoms with van der Waals surface area (Å²) in [6.07, 6.45) is 2.03. The van der Waals surface area contributed by atoms with Gasteiger partial charge in [-0.15, -0.1) is 10.2 Å². The maximum absolute atomic E-state index is 12.5. The second-order valence-electron chi connectivity index (χ2n) is 6.19. The van der Waals surface area contributed by atoms with Gasteiger partial charge in [-0.25, -0.2) is 4.98 Å². The van der Waals surface area contributed by atoms with Gasteiger partial charge in [0.1, 0.15) is 5.82 Å². The zero-order chi connectivity index (χ0) is 17.2. The van der Waals surface area contributed by atoms with E-state index < -0.39 is 0 Å². The number of benzene rings is 1. The number of carbonyl (C=O) groups excluding carboxylic acids is 1. The number of carbonyl (C=O) groups is 1. The number of likely N-dealkylation sites (tertiary alicyclic amines) is 1. The Morgan fingerprint density at radius 1 is 1.40 bits per heavy atom. The number of imidazole rings is 1. The average molecular weight is 357 g/mol.